The topological polar surface area (TPSA) is 47.3 Å². The van der Waals surface area contributed by atoms with E-state index in [4.69, 9.17) is 4.74 Å². The first-order chi connectivity index (χ1) is 9.22. The van der Waals surface area contributed by atoms with Crippen molar-refractivity contribution in [3.05, 3.63) is 48.0 Å². The van der Waals surface area contributed by atoms with Gasteiger partial charge in [0.15, 0.2) is 0 Å². The molecule has 0 unspecified atom stereocenters. The molecule has 0 radical (unpaired) electrons. The van der Waals surface area contributed by atoms with E-state index < -0.39 is 6.10 Å². The summed E-state index contributed by atoms with van der Waals surface area (Å²) >= 11 is 0. The van der Waals surface area contributed by atoms with Gasteiger partial charge in [-0.1, -0.05) is 25.1 Å². The standard InChI is InChI=1S/C15H20N2O2/c1-3-8-17-11-16-9-13(17)10-19-15-7-5-4-6-14(15)12(2)18/h4-7,9,11-12,18H,3,8,10H2,1-2H3/t12-/m1/s1. The predicted molar refractivity (Wildman–Crippen MR) is 73.9 cm³/mol. The minimum absolute atomic E-state index is 0.462. The number of hydrogen-bond acceptors (Lipinski definition) is 3. The molecule has 0 aliphatic rings. The molecule has 2 rings (SSSR count). The highest BCUT2D eigenvalue weighted by Gasteiger charge is 2.09. The minimum atomic E-state index is -0.531. The summed E-state index contributed by atoms with van der Waals surface area (Å²) in [4.78, 5) is 4.14. The summed E-state index contributed by atoms with van der Waals surface area (Å²) in [7, 11) is 0. The molecule has 0 aliphatic heterocycles. The van der Waals surface area contributed by atoms with Crippen LogP contribution in [0.5, 0.6) is 5.75 Å². The second-order valence-electron chi connectivity index (χ2n) is 4.58. The summed E-state index contributed by atoms with van der Waals surface area (Å²) < 4.78 is 7.90. The van der Waals surface area contributed by atoms with Crippen LogP contribution < -0.4 is 4.74 Å². The lowest BCUT2D eigenvalue weighted by Crippen LogP contribution is -2.06. The summed E-state index contributed by atoms with van der Waals surface area (Å²) in [5.74, 6) is 0.724. The van der Waals surface area contributed by atoms with Crippen molar-refractivity contribution in [3.63, 3.8) is 0 Å². The molecule has 0 amide bonds. The van der Waals surface area contributed by atoms with Crippen LogP contribution in [-0.2, 0) is 13.2 Å². The van der Waals surface area contributed by atoms with Crippen molar-refractivity contribution in [3.8, 4) is 5.75 Å². The second-order valence-corrected chi connectivity index (χ2v) is 4.58. The molecule has 1 atom stereocenters. The number of aromatic nitrogens is 2. The fourth-order valence-electron chi connectivity index (χ4n) is 2.02. The molecular formula is C15H20N2O2. The maximum absolute atomic E-state index is 9.70. The van der Waals surface area contributed by atoms with Gasteiger partial charge in [-0.25, -0.2) is 4.98 Å². The summed E-state index contributed by atoms with van der Waals surface area (Å²) in [6, 6.07) is 7.56. The van der Waals surface area contributed by atoms with Gasteiger partial charge in [-0.15, -0.1) is 0 Å². The molecule has 0 saturated heterocycles. The highest BCUT2D eigenvalue weighted by Crippen LogP contribution is 2.25. The van der Waals surface area contributed by atoms with Crippen molar-refractivity contribution in [2.24, 2.45) is 0 Å². The predicted octanol–water partition coefficient (Wildman–Crippen LogP) is 2.93. The highest BCUT2D eigenvalue weighted by atomic mass is 16.5. The maximum Gasteiger partial charge on any atom is 0.130 e. The van der Waals surface area contributed by atoms with Crippen LogP contribution in [0.15, 0.2) is 36.8 Å². The van der Waals surface area contributed by atoms with Crippen molar-refractivity contribution >= 4 is 0 Å². The number of imidazole rings is 1. The molecule has 1 N–H and O–H groups in total. The number of aliphatic hydroxyl groups is 1. The van der Waals surface area contributed by atoms with Crippen LogP contribution in [0.4, 0.5) is 0 Å². The number of ether oxygens (including phenoxy) is 1. The Morgan fingerprint density at radius 3 is 2.89 bits per heavy atom. The van der Waals surface area contributed by atoms with E-state index in [1.165, 1.54) is 0 Å². The van der Waals surface area contributed by atoms with E-state index in [0.29, 0.717) is 6.61 Å². The van der Waals surface area contributed by atoms with Gasteiger partial charge in [0.1, 0.15) is 12.4 Å². The van der Waals surface area contributed by atoms with Gasteiger partial charge in [0.2, 0.25) is 0 Å². The molecule has 1 heterocycles. The summed E-state index contributed by atoms with van der Waals surface area (Å²) in [5, 5.41) is 9.70. The summed E-state index contributed by atoms with van der Waals surface area (Å²) in [6.45, 7) is 5.28. The quantitative estimate of drug-likeness (QED) is 0.868. The van der Waals surface area contributed by atoms with Crippen molar-refractivity contribution < 1.29 is 9.84 Å². The Morgan fingerprint density at radius 2 is 2.16 bits per heavy atom. The Balaban J connectivity index is 2.08. The first-order valence-electron chi connectivity index (χ1n) is 6.61. The van der Waals surface area contributed by atoms with Crippen LogP contribution in [0.3, 0.4) is 0 Å². The Hall–Kier alpha value is -1.81. The van der Waals surface area contributed by atoms with E-state index in [0.717, 1.165) is 30.0 Å². The zero-order chi connectivity index (χ0) is 13.7. The average molecular weight is 260 g/mol. The Morgan fingerprint density at radius 1 is 1.37 bits per heavy atom. The number of aryl methyl sites for hydroxylation is 1. The molecular weight excluding hydrogens is 240 g/mol. The van der Waals surface area contributed by atoms with Gasteiger partial charge < -0.3 is 14.4 Å². The largest absolute Gasteiger partial charge is 0.487 e. The molecule has 2 aromatic rings. The lowest BCUT2D eigenvalue weighted by molar-refractivity contribution is 0.189. The van der Waals surface area contributed by atoms with E-state index in [-0.39, 0.29) is 0 Å². The molecule has 0 fully saturated rings. The van der Waals surface area contributed by atoms with Gasteiger partial charge in [-0.3, -0.25) is 0 Å². The second kappa shape index (κ2) is 6.38. The van der Waals surface area contributed by atoms with Crippen LogP contribution in [-0.4, -0.2) is 14.7 Å². The number of aliphatic hydroxyl groups excluding tert-OH is 1. The first-order valence-corrected chi connectivity index (χ1v) is 6.61. The third-order valence-electron chi connectivity index (χ3n) is 3.01. The van der Waals surface area contributed by atoms with Crippen molar-refractivity contribution in [2.75, 3.05) is 0 Å². The third-order valence-corrected chi connectivity index (χ3v) is 3.01. The first kappa shape index (κ1) is 13.6. The SMILES string of the molecule is CCCn1cncc1COc1ccccc1[C@@H](C)O. The molecule has 0 aliphatic carbocycles. The molecule has 1 aromatic heterocycles. The molecule has 0 spiro atoms. The highest BCUT2D eigenvalue weighted by molar-refractivity contribution is 5.34. The van der Waals surface area contributed by atoms with E-state index in [2.05, 4.69) is 16.5 Å². The van der Waals surface area contributed by atoms with E-state index in [1.807, 2.05) is 36.8 Å². The van der Waals surface area contributed by atoms with Crippen molar-refractivity contribution in [1.29, 1.82) is 0 Å². The van der Waals surface area contributed by atoms with Gasteiger partial charge in [0.25, 0.3) is 0 Å². The lowest BCUT2D eigenvalue weighted by atomic mass is 10.1. The average Bonchev–Trinajstić information content (AvgIpc) is 2.84. The Kier molecular flexibility index (Phi) is 4.58. The number of hydrogen-bond donors (Lipinski definition) is 1. The fourth-order valence-corrected chi connectivity index (χ4v) is 2.02. The lowest BCUT2D eigenvalue weighted by Gasteiger charge is -2.14. The van der Waals surface area contributed by atoms with Gasteiger partial charge in [-0.2, -0.15) is 0 Å². The summed E-state index contributed by atoms with van der Waals surface area (Å²) in [6.07, 6.45) is 4.17. The van der Waals surface area contributed by atoms with E-state index in [1.54, 1.807) is 6.92 Å². The number of benzene rings is 1. The normalized spacial score (nSPS) is 12.4. The zero-order valence-electron chi connectivity index (χ0n) is 11.4. The van der Waals surface area contributed by atoms with Crippen LogP contribution in [0.1, 0.15) is 37.6 Å². The van der Waals surface area contributed by atoms with Crippen LogP contribution in [0, 0.1) is 0 Å². The van der Waals surface area contributed by atoms with Crippen LogP contribution in [0.2, 0.25) is 0 Å². The van der Waals surface area contributed by atoms with E-state index >= 15 is 0 Å². The van der Waals surface area contributed by atoms with Gasteiger partial charge in [-0.05, 0) is 19.4 Å². The fraction of sp³-hybridized carbons (Fsp3) is 0.400. The van der Waals surface area contributed by atoms with Gasteiger partial charge in [0, 0.05) is 12.1 Å². The van der Waals surface area contributed by atoms with Crippen molar-refractivity contribution in [1.82, 2.24) is 9.55 Å². The molecule has 4 nitrogen and oxygen atoms in total. The summed E-state index contributed by atoms with van der Waals surface area (Å²) in [5.41, 5.74) is 1.85. The van der Waals surface area contributed by atoms with Crippen LogP contribution >= 0.6 is 0 Å². The molecule has 19 heavy (non-hydrogen) atoms. The maximum atomic E-state index is 9.70. The van der Waals surface area contributed by atoms with E-state index in [9.17, 15) is 5.11 Å². The number of rotatable bonds is 6. The number of para-hydroxylation sites is 1. The van der Waals surface area contributed by atoms with Gasteiger partial charge >= 0.3 is 0 Å². The molecule has 4 heteroatoms. The molecule has 1 aromatic carbocycles. The van der Waals surface area contributed by atoms with Crippen molar-refractivity contribution in [2.45, 2.75) is 39.5 Å². The van der Waals surface area contributed by atoms with Gasteiger partial charge in [0.05, 0.1) is 24.3 Å². The monoisotopic (exact) mass is 260 g/mol. The Bertz CT molecular complexity index is 520. The van der Waals surface area contributed by atoms with Crippen LogP contribution in [0.25, 0.3) is 0 Å². The molecule has 0 bridgehead atoms. The molecule has 102 valence electrons. The smallest absolute Gasteiger partial charge is 0.130 e. The minimum Gasteiger partial charge on any atom is -0.487 e. The molecule has 0 saturated carbocycles. The third kappa shape index (κ3) is 3.35. The Labute approximate surface area is 113 Å². The number of nitrogens with zero attached hydrogens (tertiary/aromatic N) is 2. The zero-order valence-corrected chi connectivity index (χ0v) is 11.4.